The fraction of sp³-hybridized carbons (Fsp3) is 0.571. The van der Waals surface area contributed by atoms with Gasteiger partial charge in [-0.25, -0.2) is 0 Å². The Balaban J connectivity index is 2.09. The first kappa shape index (κ1) is 12.2. The molecule has 0 aliphatic carbocycles. The van der Waals surface area contributed by atoms with Crippen molar-refractivity contribution >= 4 is 0 Å². The molecule has 0 amide bonds. The monoisotopic (exact) mass is 235 g/mol. The number of nitrogens with one attached hydrogen (secondary N) is 1. The van der Waals surface area contributed by atoms with Gasteiger partial charge in [0.2, 0.25) is 0 Å². The van der Waals surface area contributed by atoms with Crippen molar-refractivity contribution in [3.63, 3.8) is 0 Å². The zero-order valence-corrected chi connectivity index (χ0v) is 10.7. The van der Waals surface area contributed by atoms with E-state index in [1.165, 1.54) is 5.56 Å². The zero-order chi connectivity index (χ0) is 12.1. The van der Waals surface area contributed by atoms with E-state index in [2.05, 4.69) is 24.4 Å². The van der Waals surface area contributed by atoms with E-state index < -0.39 is 0 Å². The second-order valence-electron chi connectivity index (χ2n) is 4.47. The van der Waals surface area contributed by atoms with Crippen molar-refractivity contribution < 1.29 is 9.47 Å². The summed E-state index contributed by atoms with van der Waals surface area (Å²) in [6, 6.07) is 6.24. The van der Waals surface area contributed by atoms with Crippen LogP contribution in [0.3, 0.4) is 0 Å². The average Bonchev–Trinajstić information content (AvgIpc) is 2.84. The minimum absolute atomic E-state index is 0.279. The van der Waals surface area contributed by atoms with Gasteiger partial charge in [-0.2, -0.15) is 0 Å². The van der Waals surface area contributed by atoms with Crippen molar-refractivity contribution in [1.82, 2.24) is 5.32 Å². The standard InChI is InChI=1S/C14H21NO2/c1-3-4-11-5-6-13(14(9-11)16-2)17-12-7-8-15-10-12/h5-6,9,12,15H,3-4,7-8,10H2,1-2H3/t12-/m0/s1. The Bertz CT molecular complexity index is 359. The van der Waals surface area contributed by atoms with E-state index >= 15 is 0 Å². The Morgan fingerprint density at radius 3 is 2.88 bits per heavy atom. The first-order valence-electron chi connectivity index (χ1n) is 6.37. The lowest BCUT2D eigenvalue weighted by Gasteiger charge is -2.16. The Hall–Kier alpha value is -1.22. The summed E-state index contributed by atoms with van der Waals surface area (Å²) in [5.74, 6) is 1.71. The van der Waals surface area contributed by atoms with Gasteiger partial charge in [-0.3, -0.25) is 0 Å². The van der Waals surface area contributed by atoms with Crippen LogP contribution < -0.4 is 14.8 Å². The third-order valence-electron chi connectivity index (χ3n) is 3.08. The molecule has 3 heteroatoms. The van der Waals surface area contributed by atoms with Crippen molar-refractivity contribution in [2.75, 3.05) is 20.2 Å². The summed E-state index contributed by atoms with van der Waals surface area (Å²) in [7, 11) is 1.70. The largest absolute Gasteiger partial charge is 0.493 e. The number of methoxy groups -OCH3 is 1. The molecule has 0 saturated carbocycles. The molecule has 1 N–H and O–H groups in total. The Labute approximate surface area is 103 Å². The van der Waals surface area contributed by atoms with Gasteiger partial charge in [0.15, 0.2) is 11.5 Å². The Kier molecular flexibility index (Phi) is 4.26. The fourth-order valence-electron chi connectivity index (χ4n) is 2.16. The van der Waals surface area contributed by atoms with E-state index in [9.17, 15) is 0 Å². The van der Waals surface area contributed by atoms with Gasteiger partial charge in [-0.05, 0) is 37.1 Å². The minimum Gasteiger partial charge on any atom is -0.493 e. The summed E-state index contributed by atoms with van der Waals surface area (Å²) in [4.78, 5) is 0. The van der Waals surface area contributed by atoms with Crippen LogP contribution in [0.15, 0.2) is 18.2 Å². The number of hydrogen-bond acceptors (Lipinski definition) is 3. The molecule has 1 aliphatic rings. The normalized spacial score (nSPS) is 19.3. The molecule has 0 unspecified atom stereocenters. The minimum atomic E-state index is 0.279. The summed E-state index contributed by atoms with van der Waals surface area (Å²) in [6.07, 6.45) is 3.58. The summed E-state index contributed by atoms with van der Waals surface area (Å²) < 4.78 is 11.3. The highest BCUT2D eigenvalue weighted by molar-refractivity contribution is 5.43. The molecule has 1 aromatic carbocycles. The lowest BCUT2D eigenvalue weighted by Crippen LogP contribution is -2.19. The van der Waals surface area contributed by atoms with Crippen LogP contribution in [0.2, 0.25) is 0 Å². The third-order valence-corrected chi connectivity index (χ3v) is 3.08. The summed E-state index contributed by atoms with van der Waals surface area (Å²) in [5, 5.41) is 3.30. The van der Waals surface area contributed by atoms with Gasteiger partial charge in [0, 0.05) is 6.54 Å². The van der Waals surface area contributed by atoms with Crippen molar-refractivity contribution in [1.29, 1.82) is 0 Å². The van der Waals surface area contributed by atoms with Crippen LogP contribution in [-0.2, 0) is 6.42 Å². The molecular weight excluding hydrogens is 214 g/mol. The molecule has 1 saturated heterocycles. The van der Waals surface area contributed by atoms with Crippen LogP contribution >= 0.6 is 0 Å². The van der Waals surface area contributed by atoms with Crippen molar-refractivity contribution in [2.24, 2.45) is 0 Å². The molecule has 1 heterocycles. The van der Waals surface area contributed by atoms with E-state index in [-0.39, 0.29) is 6.10 Å². The maximum atomic E-state index is 5.94. The Morgan fingerprint density at radius 1 is 1.35 bits per heavy atom. The molecule has 3 nitrogen and oxygen atoms in total. The van der Waals surface area contributed by atoms with E-state index in [1.54, 1.807) is 7.11 Å². The fourth-order valence-corrected chi connectivity index (χ4v) is 2.16. The molecule has 1 fully saturated rings. The van der Waals surface area contributed by atoms with Crippen LogP contribution in [0.4, 0.5) is 0 Å². The molecule has 1 aromatic rings. The Morgan fingerprint density at radius 2 is 2.24 bits per heavy atom. The number of aryl methyl sites for hydroxylation is 1. The third kappa shape index (κ3) is 3.13. The lowest BCUT2D eigenvalue weighted by molar-refractivity contribution is 0.212. The van der Waals surface area contributed by atoms with Gasteiger partial charge >= 0.3 is 0 Å². The highest BCUT2D eigenvalue weighted by Gasteiger charge is 2.17. The summed E-state index contributed by atoms with van der Waals surface area (Å²) in [6.45, 7) is 4.15. The van der Waals surface area contributed by atoms with Crippen LogP contribution in [0.25, 0.3) is 0 Å². The molecule has 1 aliphatic heterocycles. The molecule has 0 aromatic heterocycles. The molecule has 0 bridgehead atoms. The van der Waals surface area contributed by atoms with Crippen LogP contribution in [0.5, 0.6) is 11.5 Å². The lowest BCUT2D eigenvalue weighted by atomic mass is 10.1. The van der Waals surface area contributed by atoms with Crippen LogP contribution in [-0.4, -0.2) is 26.3 Å². The molecule has 94 valence electrons. The predicted molar refractivity (Wildman–Crippen MR) is 68.9 cm³/mol. The quantitative estimate of drug-likeness (QED) is 0.850. The topological polar surface area (TPSA) is 30.5 Å². The van der Waals surface area contributed by atoms with E-state index in [1.807, 2.05) is 6.07 Å². The number of benzene rings is 1. The highest BCUT2D eigenvalue weighted by Crippen LogP contribution is 2.30. The van der Waals surface area contributed by atoms with Crippen LogP contribution in [0, 0.1) is 0 Å². The van der Waals surface area contributed by atoms with Crippen molar-refractivity contribution in [3.05, 3.63) is 23.8 Å². The number of hydrogen-bond donors (Lipinski definition) is 1. The molecule has 0 spiro atoms. The predicted octanol–water partition coefficient (Wildman–Crippen LogP) is 2.39. The van der Waals surface area contributed by atoms with Gasteiger partial charge in [-0.1, -0.05) is 19.4 Å². The second-order valence-corrected chi connectivity index (χ2v) is 4.47. The van der Waals surface area contributed by atoms with Crippen LogP contribution in [0.1, 0.15) is 25.3 Å². The van der Waals surface area contributed by atoms with Gasteiger partial charge in [-0.15, -0.1) is 0 Å². The molecule has 0 radical (unpaired) electrons. The van der Waals surface area contributed by atoms with E-state index in [0.717, 1.165) is 43.9 Å². The number of rotatable bonds is 5. The highest BCUT2D eigenvalue weighted by atomic mass is 16.5. The maximum Gasteiger partial charge on any atom is 0.161 e. The van der Waals surface area contributed by atoms with Gasteiger partial charge in [0.1, 0.15) is 6.10 Å². The molecular formula is C14H21NO2. The van der Waals surface area contributed by atoms with Crippen molar-refractivity contribution in [2.45, 2.75) is 32.3 Å². The molecule has 1 atom stereocenters. The second kappa shape index (κ2) is 5.92. The summed E-state index contributed by atoms with van der Waals surface area (Å²) in [5.41, 5.74) is 1.31. The zero-order valence-electron chi connectivity index (χ0n) is 10.7. The first-order chi connectivity index (χ1) is 8.33. The molecule has 2 rings (SSSR count). The summed E-state index contributed by atoms with van der Waals surface area (Å²) >= 11 is 0. The maximum absolute atomic E-state index is 5.94. The average molecular weight is 235 g/mol. The molecule has 17 heavy (non-hydrogen) atoms. The van der Waals surface area contributed by atoms with E-state index in [4.69, 9.17) is 9.47 Å². The number of ether oxygens (including phenoxy) is 2. The SMILES string of the molecule is CCCc1ccc(O[C@H]2CCNC2)c(OC)c1. The smallest absolute Gasteiger partial charge is 0.161 e. The van der Waals surface area contributed by atoms with Gasteiger partial charge in [0.05, 0.1) is 7.11 Å². The first-order valence-corrected chi connectivity index (χ1v) is 6.37. The van der Waals surface area contributed by atoms with Crippen molar-refractivity contribution in [3.8, 4) is 11.5 Å². The van der Waals surface area contributed by atoms with E-state index in [0.29, 0.717) is 0 Å². The van der Waals surface area contributed by atoms with Gasteiger partial charge in [0.25, 0.3) is 0 Å². The van der Waals surface area contributed by atoms with Gasteiger partial charge < -0.3 is 14.8 Å².